The van der Waals surface area contributed by atoms with Gasteiger partial charge in [-0.05, 0) is 26.7 Å². The standard InChI is InChI=1S/C7H8.C6H6.2C5H10.C3H6.CH2O/c1-7-5-3-2-4-6-7;1-2-4-6-5-3-1;2*1-3-5-4-2;1-3-2;1-2/h2-6H,1H3;1-6H;2*3H,1,4-5H2,2H3;3H,1H2,2H3;1H2. The van der Waals surface area contributed by atoms with Gasteiger partial charge in [-0.3, -0.25) is 0 Å². The third-order valence-corrected chi connectivity index (χ3v) is 2.59. The first-order valence-electron chi connectivity index (χ1n) is 9.73. The van der Waals surface area contributed by atoms with Gasteiger partial charge in [0.05, 0.1) is 0 Å². The molecular weight excluding hydrogens is 340 g/mol. The van der Waals surface area contributed by atoms with Crippen molar-refractivity contribution < 1.29 is 4.79 Å². The van der Waals surface area contributed by atoms with Crippen LogP contribution in [0.4, 0.5) is 0 Å². The lowest BCUT2D eigenvalue weighted by atomic mass is 10.2. The molecule has 2 aromatic carbocycles. The highest BCUT2D eigenvalue weighted by Crippen LogP contribution is 1.92. The van der Waals surface area contributed by atoms with E-state index in [1.807, 2.05) is 80.5 Å². The molecule has 0 aromatic heterocycles. The summed E-state index contributed by atoms with van der Waals surface area (Å²) in [6, 6.07) is 22.3. The van der Waals surface area contributed by atoms with Gasteiger partial charge in [-0.1, -0.05) is 117 Å². The van der Waals surface area contributed by atoms with Crippen molar-refractivity contribution in [3.05, 3.63) is 110 Å². The first-order chi connectivity index (χ1) is 13.6. The highest BCUT2D eigenvalue weighted by atomic mass is 16.1. The van der Waals surface area contributed by atoms with Crippen LogP contribution >= 0.6 is 0 Å². The van der Waals surface area contributed by atoms with E-state index in [4.69, 9.17) is 4.79 Å². The van der Waals surface area contributed by atoms with Crippen LogP contribution in [0.15, 0.2) is 105 Å². The van der Waals surface area contributed by atoms with E-state index in [1.165, 1.54) is 18.4 Å². The molecule has 156 valence electrons. The lowest BCUT2D eigenvalue weighted by Gasteiger charge is -1.82. The van der Waals surface area contributed by atoms with Crippen molar-refractivity contribution >= 4 is 6.79 Å². The van der Waals surface area contributed by atoms with Crippen LogP contribution in [0.2, 0.25) is 0 Å². The monoisotopic (exact) mass is 382 g/mol. The molecule has 0 N–H and O–H groups in total. The van der Waals surface area contributed by atoms with E-state index in [0.717, 1.165) is 12.8 Å². The van der Waals surface area contributed by atoms with Crippen molar-refractivity contribution in [2.45, 2.75) is 53.4 Å². The van der Waals surface area contributed by atoms with E-state index in [-0.39, 0.29) is 0 Å². The number of carbonyl (C=O) groups excluding carboxylic acids is 1. The number of aryl methyl sites for hydroxylation is 1. The lowest BCUT2D eigenvalue weighted by Crippen LogP contribution is -1.62. The van der Waals surface area contributed by atoms with Gasteiger partial charge >= 0.3 is 0 Å². The summed E-state index contributed by atoms with van der Waals surface area (Å²) in [5, 5.41) is 0. The first-order valence-corrected chi connectivity index (χ1v) is 9.73. The molecule has 1 nitrogen and oxygen atoms in total. The fourth-order valence-corrected chi connectivity index (χ4v) is 1.33. The number of unbranched alkanes of at least 4 members (excludes halogenated alkanes) is 2. The van der Waals surface area contributed by atoms with E-state index < -0.39 is 0 Å². The molecule has 2 rings (SSSR count). The lowest BCUT2D eigenvalue weighted by molar-refractivity contribution is -0.0979. The number of allylic oxidation sites excluding steroid dienone is 3. The van der Waals surface area contributed by atoms with Crippen LogP contribution in [0.5, 0.6) is 0 Å². The molecule has 0 heterocycles. The van der Waals surface area contributed by atoms with Crippen molar-refractivity contribution in [2.75, 3.05) is 0 Å². The Bertz CT molecular complexity index is 451. The average molecular weight is 383 g/mol. The molecule has 0 aliphatic carbocycles. The number of rotatable bonds is 4. The minimum absolute atomic E-state index is 1.15. The largest absolute Gasteiger partial charge is 0.307 e. The number of carbonyl (C=O) groups is 1. The Balaban J connectivity index is -0.000000129. The van der Waals surface area contributed by atoms with E-state index >= 15 is 0 Å². The zero-order valence-electron chi connectivity index (χ0n) is 18.6. The van der Waals surface area contributed by atoms with Gasteiger partial charge in [0, 0.05) is 0 Å². The number of hydrogen-bond donors (Lipinski definition) is 0. The molecule has 0 radical (unpaired) electrons. The van der Waals surface area contributed by atoms with Gasteiger partial charge in [-0.25, -0.2) is 0 Å². The molecule has 0 spiro atoms. The third-order valence-electron chi connectivity index (χ3n) is 2.59. The quantitative estimate of drug-likeness (QED) is 0.483. The predicted octanol–water partition coefficient (Wildman–Crippen LogP) is 8.63. The number of benzene rings is 2. The second-order valence-corrected chi connectivity index (χ2v) is 5.37. The zero-order valence-corrected chi connectivity index (χ0v) is 18.6. The van der Waals surface area contributed by atoms with Gasteiger partial charge in [-0.15, -0.1) is 19.7 Å². The van der Waals surface area contributed by atoms with E-state index in [0.29, 0.717) is 0 Å². The van der Waals surface area contributed by atoms with Crippen LogP contribution in [0.25, 0.3) is 0 Å². The van der Waals surface area contributed by atoms with Crippen molar-refractivity contribution in [3.63, 3.8) is 0 Å². The smallest absolute Gasteiger partial charge is 0.106 e. The van der Waals surface area contributed by atoms with Gasteiger partial charge in [0.2, 0.25) is 0 Å². The van der Waals surface area contributed by atoms with Crippen LogP contribution in [-0.4, -0.2) is 6.79 Å². The third kappa shape index (κ3) is 49.5. The van der Waals surface area contributed by atoms with Gasteiger partial charge in [0.1, 0.15) is 6.79 Å². The van der Waals surface area contributed by atoms with E-state index in [1.54, 1.807) is 6.08 Å². The molecule has 0 saturated heterocycles. The summed E-state index contributed by atoms with van der Waals surface area (Å²) in [4.78, 5) is 8.00. The second kappa shape index (κ2) is 39.4. The summed E-state index contributed by atoms with van der Waals surface area (Å²) in [7, 11) is 0. The Morgan fingerprint density at radius 3 is 1.04 bits per heavy atom. The summed E-state index contributed by atoms with van der Waals surface area (Å²) < 4.78 is 0. The van der Waals surface area contributed by atoms with Crippen LogP contribution in [-0.2, 0) is 4.79 Å². The van der Waals surface area contributed by atoms with Crippen molar-refractivity contribution in [2.24, 2.45) is 0 Å². The van der Waals surface area contributed by atoms with Gasteiger partial charge in [0.25, 0.3) is 0 Å². The van der Waals surface area contributed by atoms with Gasteiger partial charge < -0.3 is 4.79 Å². The number of hydrogen-bond acceptors (Lipinski definition) is 1. The fourth-order valence-electron chi connectivity index (χ4n) is 1.33. The molecule has 1 heteroatoms. The Kier molecular flexibility index (Phi) is 46.4. The van der Waals surface area contributed by atoms with Crippen LogP contribution < -0.4 is 0 Å². The summed E-state index contributed by atoms with van der Waals surface area (Å²) in [6.07, 6.45) is 10.4. The van der Waals surface area contributed by atoms with Gasteiger partial charge in [-0.2, -0.15) is 0 Å². The molecule has 0 unspecified atom stereocenters. The summed E-state index contributed by atoms with van der Waals surface area (Å²) in [5.74, 6) is 0. The molecule has 0 atom stereocenters. The highest BCUT2D eigenvalue weighted by molar-refractivity contribution is 5.11. The summed E-state index contributed by atoms with van der Waals surface area (Å²) in [6.45, 7) is 20.7. The topological polar surface area (TPSA) is 17.1 Å². The highest BCUT2D eigenvalue weighted by Gasteiger charge is 1.72. The Hall–Kier alpha value is -2.67. The predicted molar refractivity (Wildman–Crippen MR) is 131 cm³/mol. The van der Waals surface area contributed by atoms with Crippen molar-refractivity contribution in [1.82, 2.24) is 0 Å². The Morgan fingerprint density at radius 2 is 0.929 bits per heavy atom. The maximum atomic E-state index is 8.00. The molecule has 0 saturated carbocycles. The van der Waals surface area contributed by atoms with E-state index in [9.17, 15) is 0 Å². The molecule has 2 aromatic rings. The van der Waals surface area contributed by atoms with Gasteiger partial charge in [0.15, 0.2) is 0 Å². The Labute approximate surface area is 175 Å². The second-order valence-electron chi connectivity index (χ2n) is 5.37. The van der Waals surface area contributed by atoms with Crippen LogP contribution in [0.1, 0.15) is 52.0 Å². The minimum Gasteiger partial charge on any atom is -0.307 e. The fraction of sp³-hybridized carbons (Fsp3) is 0.296. The minimum atomic E-state index is 1.15. The first kappa shape index (κ1) is 33.0. The van der Waals surface area contributed by atoms with Crippen molar-refractivity contribution in [1.29, 1.82) is 0 Å². The van der Waals surface area contributed by atoms with Crippen molar-refractivity contribution in [3.8, 4) is 0 Å². The SMILES string of the molecule is C=CC.C=CCCC.C=CCCC.C=O.Cc1ccccc1.c1ccccc1. The molecule has 28 heavy (non-hydrogen) atoms. The molecule has 0 amide bonds. The molecule has 0 aliphatic rings. The normalized spacial score (nSPS) is 7.14. The van der Waals surface area contributed by atoms with Crippen LogP contribution in [0, 0.1) is 6.92 Å². The summed E-state index contributed by atoms with van der Waals surface area (Å²) in [5.41, 5.74) is 1.32. The molecule has 0 aliphatic heterocycles. The average Bonchev–Trinajstić information content (AvgIpc) is 2.75. The maximum absolute atomic E-state index is 8.00. The Morgan fingerprint density at radius 1 is 0.679 bits per heavy atom. The summed E-state index contributed by atoms with van der Waals surface area (Å²) >= 11 is 0. The van der Waals surface area contributed by atoms with Crippen LogP contribution in [0.3, 0.4) is 0 Å². The molecular formula is C27H42O. The van der Waals surface area contributed by atoms with E-state index in [2.05, 4.69) is 52.6 Å². The molecule has 0 bridgehead atoms. The zero-order chi connectivity index (χ0) is 22.3. The maximum Gasteiger partial charge on any atom is 0.106 e. The molecule has 0 fully saturated rings.